The highest BCUT2D eigenvalue weighted by Gasteiger charge is 2.64. The molecule has 486 valence electrons. The zero-order valence-corrected chi connectivity index (χ0v) is 54.5. The number of hydrogen-bond acceptors (Lipinski definition) is 17. The number of carbonyl (C=O) groups is 8. The number of fused-ring (bicyclic) bond motifs is 6. The lowest BCUT2D eigenvalue weighted by atomic mass is 9.83. The summed E-state index contributed by atoms with van der Waals surface area (Å²) in [5.74, 6) is -3.13. The number of hydrogen-bond donors (Lipinski definition) is 7. The third kappa shape index (κ3) is 18.9. The molecule has 7 amide bonds. The first-order valence-electron chi connectivity index (χ1n) is 29.7. The topological polar surface area (TPSA) is 321 Å². The molecule has 1 aromatic heterocycles. The van der Waals surface area contributed by atoms with E-state index in [1.54, 1.807) is 75.5 Å². The van der Waals surface area contributed by atoms with Crippen LogP contribution >= 0.6 is 27.5 Å². The molecule has 0 saturated carbocycles. The summed E-state index contributed by atoms with van der Waals surface area (Å²) in [4.78, 5) is 114. The van der Waals surface area contributed by atoms with E-state index in [9.17, 15) is 43.5 Å². The van der Waals surface area contributed by atoms with Crippen molar-refractivity contribution >= 4 is 97.6 Å². The van der Waals surface area contributed by atoms with Crippen LogP contribution in [0.25, 0.3) is 10.9 Å². The summed E-state index contributed by atoms with van der Waals surface area (Å²) in [6.07, 6.45) is 3.03. The maximum absolute atomic E-state index is 14.5. The monoisotopic (exact) mass is 1320 g/mol. The van der Waals surface area contributed by atoms with Gasteiger partial charge in [-0.1, -0.05) is 78.7 Å². The smallest absolute Gasteiger partial charge is 0.409 e. The van der Waals surface area contributed by atoms with Crippen LogP contribution in [0.1, 0.15) is 109 Å². The van der Waals surface area contributed by atoms with Crippen molar-refractivity contribution in [3.8, 4) is 5.75 Å². The number of allylic oxidation sites excluding steroid dienone is 3. The second-order valence-corrected chi connectivity index (χ2v) is 24.4. The summed E-state index contributed by atoms with van der Waals surface area (Å²) in [7, 11) is 5.88. The Bertz CT molecular complexity index is 3170. The van der Waals surface area contributed by atoms with E-state index in [0.29, 0.717) is 77.6 Å². The molecule has 2 saturated heterocycles. The number of epoxide rings is 1. The lowest BCUT2D eigenvalue weighted by molar-refractivity contribution is -0.158. The number of carbonyl (C=O) groups excluding carboxylic acids is 8. The van der Waals surface area contributed by atoms with E-state index >= 15 is 0 Å². The summed E-state index contributed by atoms with van der Waals surface area (Å²) in [6, 6.07) is 8.68. The largest absolute Gasteiger partial charge is 0.495 e. The number of nitrogens with zero attached hydrogens (tertiary/aromatic N) is 3. The minimum Gasteiger partial charge on any atom is -0.495 e. The molecule has 0 unspecified atom stereocenters. The molecular formula is C63H85BrClN9O15. The Labute approximate surface area is 532 Å². The van der Waals surface area contributed by atoms with Crippen molar-refractivity contribution in [3.63, 3.8) is 0 Å². The number of rotatable bonds is 25. The SMILES string of the molecule is C=C(CBr)C(=O)OCCCCCC(=O)N[C@H](C(=O)N[C@@H](CCCNC(N)=O)CNc1ccc2cc(C(=O)N(C)[C@@H](C)C(=O)O[C@H]3CC(=O)N(C)c4cc(cc(OC)c4Cl)C/C(C)=C/C=C/[C@@H](OC)[C@@]4(O)C[C@H](OC(=O)N4)[C@@H](C)[C@@H]4O[C@@]34C)ccc2n1)C(C)C. The van der Waals surface area contributed by atoms with Crippen LogP contribution in [0.15, 0.2) is 78.4 Å². The predicted octanol–water partition coefficient (Wildman–Crippen LogP) is 6.92. The highest BCUT2D eigenvalue weighted by molar-refractivity contribution is 9.09. The molecule has 10 atom stereocenters. The maximum Gasteiger partial charge on any atom is 0.409 e. The van der Waals surface area contributed by atoms with Crippen LogP contribution < -0.4 is 42.0 Å². The van der Waals surface area contributed by atoms with E-state index in [-0.39, 0.29) is 54.9 Å². The third-order valence-corrected chi connectivity index (χ3v) is 17.3. The minimum absolute atomic E-state index is 0.112. The van der Waals surface area contributed by atoms with Crippen LogP contribution in [0.4, 0.5) is 21.1 Å². The first kappa shape index (κ1) is 70.8. The molecule has 24 nitrogen and oxygen atoms in total. The molecule has 26 heteroatoms. The number of nitrogens with two attached hydrogens (primary N) is 1. The number of amides is 7. The number of likely N-dealkylation sites (N-methyl/N-ethyl adjacent to an activating group) is 1. The van der Waals surface area contributed by atoms with Gasteiger partial charge in [-0.3, -0.25) is 24.5 Å². The summed E-state index contributed by atoms with van der Waals surface area (Å²) in [5.41, 5.74) is 5.11. The number of methoxy groups -OCH3 is 2. The number of nitrogens with one attached hydrogen (secondary N) is 5. The molecule has 89 heavy (non-hydrogen) atoms. The molecule has 4 heterocycles. The molecule has 8 N–H and O–H groups in total. The van der Waals surface area contributed by atoms with E-state index < -0.39 is 108 Å². The number of aromatic nitrogens is 1. The Morgan fingerprint density at radius 2 is 1.79 bits per heavy atom. The number of aliphatic hydroxyl groups is 1. The van der Waals surface area contributed by atoms with Crippen molar-refractivity contribution in [2.75, 3.05) is 63.6 Å². The van der Waals surface area contributed by atoms with E-state index in [1.807, 2.05) is 26.8 Å². The summed E-state index contributed by atoms with van der Waals surface area (Å²) in [6.45, 7) is 14.8. The molecule has 6 rings (SSSR count). The van der Waals surface area contributed by atoms with Gasteiger partial charge in [0.05, 0.1) is 37.4 Å². The molecule has 0 radical (unpaired) electrons. The van der Waals surface area contributed by atoms with E-state index in [0.717, 1.165) is 11.1 Å². The van der Waals surface area contributed by atoms with Crippen LogP contribution in [0, 0.1) is 11.8 Å². The van der Waals surface area contributed by atoms with Gasteiger partial charge in [0.25, 0.3) is 5.91 Å². The lowest BCUT2D eigenvalue weighted by Crippen LogP contribution is -2.63. The highest BCUT2D eigenvalue weighted by atomic mass is 79.9. The molecule has 4 bridgehead atoms. The molecule has 3 aliphatic rings. The van der Waals surface area contributed by atoms with Crippen molar-refractivity contribution in [2.45, 2.75) is 153 Å². The predicted molar refractivity (Wildman–Crippen MR) is 338 cm³/mol. The average molecular weight is 1320 g/mol. The second-order valence-electron chi connectivity index (χ2n) is 23.4. The Hall–Kier alpha value is -7.32. The number of halogens is 2. The maximum atomic E-state index is 14.5. The molecule has 0 aliphatic carbocycles. The number of primary amides is 1. The summed E-state index contributed by atoms with van der Waals surface area (Å²) >= 11 is 10.0. The fourth-order valence-electron chi connectivity index (χ4n) is 10.7. The van der Waals surface area contributed by atoms with Gasteiger partial charge in [0.2, 0.25) is 17.7 Å². The number of alkyl carbamates (subject to hydrolysis) is 1. The van der Waals surface area contributed by atoms with Gasteiger partial charge in [0.1, 0.15) is 52.6 Å². The fourth-order valence-corrected chi connectivity index (χ4v) is 11.3. The lowest BCUT2D eigenvalue weighted by Gasteiger charge is -2.42. The number of esters is 2. The first-order valence-corrected chi connectivity index (χ1v) is 31.2. The van der Waals surface area contributed by atoms with Gasteiger partial charge < -0.3 is 70.3 Å². The van der Waals surface area contributed by atoms with Crippen molar-refractivity contribution in [1.29, 1.82) is 0 Å². The second kappa shape index (κ2) is 31.9. The number of urea groups is 1. The van der Waals surface area contributed by atoms with Crippen LogP contribution in [0.2, 0.25) is 5.02 Å². The normalized spacial score (nSPS) is 23.8. The first-order chi connectivity index (χ1) is 42.1. The minimum atomic E-state index is -1.90. The Balaban J connectivity index is 1.14. The number of benzene rings is 2. The fraction of sp³-hybridized carbons (Fsp3) is 0.540. The molecular weight excluding hydrogens is 1240 g/mol. The van der Waals surface area contributed by atoms with Gasteiger partial charge in [-0.05, 0) is 113 Å². The standard InChI is InChI=1S/C63H85BrClN9O15/c1-35(2)54(71-51(75)20-13-12-14-26-86-58(79)37(4)33-64)56(77)69-43(18-16-25-67-60(66)81)34-68-50-24-22-41-30-42(21-23-44(41)70-50)57(78)73(8)39(6)59(80)88-49-31-52(76)74(9)45-28-40(29-46(84-10)53(45)65)27-36(3)17-15-19-48(85-11)63(83)32-47(87-61(82)72-63)38(5)55-62(49,7)89-55/h15,17,19,21-24,28-30,35,38-39,43,47-49,54-55,83H,4,12-14,16,18,20,25-27,31-34H2,1-3,5-11H3,(H,68,70)(H,69,77)(H,71,75)(H,72,82)(H3,66,67,81)/b19-15+,36-17+/t38-,39+,43+,47+,48-,49+,54+,55+,62+,63+/m1/s1. The summed E-state index contributed by atoms with van der Waals surface area (Å²) < 4.78 is 34.9. The van der Waals surface area contributed by atoms with Gasteiger partial charge in [-0.15, -0.1) is 0 Å². The van der Waals surface area contributed by atoms with Crippen molar-refractivity contribution in [1.82, 2.24) is 31.2 Å². The number of unbranched alkanes of at least 4 members (excludes halogenated alkanes) is 2. The molecule has 2 fully saturated rings. The molecule has 0 spiro atoms. The van der Waals surface area contributed by atoms with Gasteiger partial charge in [-0.2, -0.15) is 0 Å². The van der Waals surface area contributed by atoms with E-state index in [1.165, 1.54) is 38.0 Å². The van der Waals surface area contributed by atoms with Gasteiger partial charge in [-0.25, -0.2) is 24.2 Å². The quantitative estimate of drug-likeness (QED) is 0.0113. The number of pyridine rings is 1. The van der Waals surface area contributed by atoms with Gasteiger partial charge >= 0.3 is 24.1 Å². The van der Waals surface area contributed by atoms with E-state index in [4.69, 9.17) is 50.7 Å². The molecule has 3 aliphatic heterocycles. The van der Waals surface area contributed by atoms with Crippen LogP contribution in [-0.2, 0) is 54.1 Å². The third-order valence-electron chi connectivity index (χ3n) is 16.3. The Kier molecular flexibility index (Phi) is 25.4. The number of alkyl halides is 1. The van der Waals surface area contributed by atoms with Crippen LogP contribution in [0.5, 0.6) is 5.75 Å². The highest BCUT2D eigenvalue weighted by Crippen LogP contribution is 2.49. The average Bonchev–Trinajstić information content (AvgIpc) is 1.67. The van der Waals surface area contributed by atoms with Crippen molar-refractivity contribution in [3.05, 3.63) is 94.6 Å². The Morgan fingerprint density at radius 1 is 1.04 bits per heavy atom. The number of ether oxygens (including phenoxy) is 6. The Morgan fingerprint density at radius 3 is 2.47 bits per heavy atom. The zero-order valence-electron chi connectivity index (χ0n) is 52.2. The summed E-state index contributed by atoms with van der Waals surface area (Å²) in [5, 5.41) is 27.3. The zero-order chi connectivity index (χ0) is 65.5. The van der Waals surface area contributed by atoms with Crippen LogP contribution in [0.3, 0.4) is 0 Å². The molecule has 2 aromatic carbocycles. The van der Waals surface area contributed by atoms with E-state index in [2.05, 4.69) is 49.1 Å². The molecule has 3 aromatic rings. The van der Waals surface area contributed by atoms with Crippen molar-refractivity contribution in [2.24, 2.45) is 17.6 Å². The van der Waals surface area contributed by atoms with Crippen molar-refractivity contribution < 1.29 is 71.9 Å². The van der Waals surface area contributed by atoms with Gasteiger partial charge in [0.15, 0.2) is 5.72 Å². The number of anilines is 2. The van der Waals surface area contributed by atoms with Gasteiger partial charge in [0, 0.05) is 80.9 Å². The van der Waals surface area contributed by atoms with Crippen LogP contribution in [-0.4, -0.2) is 170 Å².